The fourth-order valence-corrected chi connectivity index (χ4v) is 1.61. The molecular weight excluding hydrogens is 204 g/mol. The molecule has 0 N–H and O–H groups in total. The number of rotatable bonds is 1. The second kappa shape index (κ2) is 3.81. The van der Waals surface area contributed by atoms with Crippen molar-refractivity contribution in [3.8, 4) is 0 Å². The van der Waals surface area contributed by atoms with Gasteiger partial charge in [-0.25, -0.2) is 4.79 Å². The normalized spacial score (nSPS) is 15.2. The van der Waals surface area contributed by atoms with E-state index in [0.717, 1.165) is 15.8 Å². The third-order valence-electron chi connectivity index (χ3n) is 2.36. The molecule has 4 heteroatoms. The summed E-state index contributed by atoms with van der Waals surface area (Å²) in [6.07, 6.45) is 2.40. The van der Waals surface area contributed by atoms with Gasteiger partial charge in [-0.05, 0) is 24.6 Å². The maximum absolute atomic E-state index is 11.6. The number of carbonyl (C=O) groups excluding carboxylic acids is 2. The highest BCUT2D eigenvalue weighted by Gasteiger charge is 2.27. The molecule has 1 aromatic rings. The van der Waals surface area contributed by atoms with Gasteiger partial charge in [0.05, 0.1) is 11.2 Å². The molecule has 2 amide bonds. The summed E-state index contributed by atoms with van der Waals surface area (Å²) in [5.41, 5.74) is 2.67. The van der Waals surface area contributed by atoms with E-state index in [4.69, 9.17) is 0 Å². The Morgan fingerprint density at radius 2 is 1.88 bits per heavy atom. The Kier molecular flexibility index (Phi) is 2.48. The predicted molar refractivity (Wildman–Crippen MR) is 57.4 cm³/mol. The summed E-state index contributed by atoms with van der Waals surface area (Å²) in [6, 6.07) is 5.62. The Hall–Kier alpha value is -2.10. The van der Waals surface area contributed by atoms with E-state index < -0.39 is 5.91 Å². The van der Waals surface area contributed by atoms with Crippen LogP contribution in [0.25, 0.3) is 0 Å². The van der Waals surface area contributed by atoms with E-state index in [2.05, 4.69) is 5.11 Å². The predicted octanol–water partition coefficient (Wildman–Crippen LogP) is 2.02. The van der Waals surface area contributed by atoms with Gasteiger partial charge in [0.1, 0.15) is 0 Å². The highest BCUT2D eigenvalue weighted by molar-refractivity contribution is 5.97. The van der Waals surface area contributed by atoms with Crippen LogP contribution in [0.3, 0.4) is 0 Å². The third-order valence-corrected chi connectivity index (χ3v) is 2.36. The zero-order valence-electron chi connectivity index (χ0n) is 9.10. The Balaban J connectivity index is 2.52. The van der Waals surface area contributed by atoms with Crippen LogP contribution in [0.2, 0.25) is 0 Å². The van der Waals surface area contributed by atoms with Crippen LogP contribution in [0.4, 0.5) is 5.69 Å². The first kappa shape index (κ1) is 10.4. The Labute approximate surface area is 92.9 Å². The van der Waals surface area contributed by atoms with Crippen molar-refractivity contribution in [3.05, 3.63) is 41.5 Å². The van der Waals surface area contributed by atoms with Crippen molar-refractivity contribution in [1.82, 2.24) is 0 Å². The van der Waals surface area contributed by atoms with Crippen LogP contribution >= 0.6 is 0 Å². The smallest absolute Gasteiger partial charge is 0.261 e. The van der Waals surface area contributed by atoms with E-state index >= 15 is 0 Å². The standard InChI is InChI=1S/C12H11N2O2/c1-8-3-4-10(9(2)7-8)14-12(16)6-5-11(15)13-14/h3-7H,1-2H3/q+1. The van der Waals surface area contributed by atoms with Crippen molar-refractivity contribution in [1.29, 1.82) is 0 Å². The van der Waals surface area contributed by atoms with Crippen LogP contribution in [0, 0.1) is 13.8 Å². The van der Waals surface area contributed by atoms with Crippen molar-refractivity contribution in [2.75, 3.05) is 0 Å². The van der Waals surface area contributed by atoms with Crippen molar-refractivity contribution >= 4 is 17.5 Å². The minimum Gasteiger partial charge on any atom is -0.261 e. The molecule has 1 heterocycles. The molecule has 0 bridgehead atoms. The van der Waals surface area contributed by atoms with Gasteiger partial charge in [0, 0.05) is 17.7 Å². The average molecular weight is 215 g/mol. The number of aryl methyl sites for hydroxylation is 2. The third kappa shape index (κ3) is 1.82. The van der Waals surface area contributed by atoms with Crippen LogP contribution in [0.5, 0.6) is 0 Å². The molecule has 0 aromatic heterocycles. The Morgan fingerprint density at radius 1 is 1.12 bits per heavy atom. The van der Waals surface area contributed by atoms with E-state index in [1.54, 1.807) is 6.07 Å². The first-order valence-corrected chi connectivity index (χ1v) is 4.93. The van der Waals surface area contributed by atoms with Crippen molar-refractivity contribution in [2.45, 2.75) is 13.8 Å². The topological polar surface area (TPSA) is 49.5 Å². The summed E-state index contributed by atoms with van der Waals surface area (Å²) in [5, 5.41) is 3.68. The lowest BCUT2D eigenvalue weighted by molar-refractivity contribution is -0.426. The molecule has 0 atom stereocenters. The van der Waals surface area contributed by atoms with E-state index in [1.807, 2.05) is 26.0 Å². The van der Waals surface area contributed by atoms with Gasteiger partial charge in [-0.3, -0.25) is 4.79 Å². The number of amides is 2. The first-order valence-electron chi connectivity index (χ1n) is 4.93. The molecule has 16 heavy (non-hydrogen) atoms. The minimum absolute atomic E-state index is 0.299. The van der Waals surface area contributed by atoms with Gasteiger partial charge < -0.3 is 0 Å². The summed E-state index contributed by atoms with van der Waals surface area (Å²) in [5.74, 6) is -0.717. The van der Waals surface area contributed by atoms with Crippen molar-refractivity contribution in [3.63, 3.8) is 0 Å². The molecule has 0 unspecified atom stereocenters. The van der Waals surface area contributed by atoms with Gasteiger partial charge in [-0.15, -0.1) is 0 Å². The van der Waals surface area contributed by atoms with Crippen LogP contribution in [-0.2, 0) is 9.59 Å². The van der Waals surface area contributed by atoms with Gasteiger partial charge in [0.25, 0.3) is 0 Å². The average Bonchev–Trinajstić information content (AvgIpc) is 2.22. The summed E-state index contributed by atoms with van der Waals surface area (Å²) in [7, 11) is 0. The fourth-order valence-electron chi connectivity index (χ4n) is 1.61. The zero-order chi connectivity index (χ0) is 11.7. The minimum atomic E-state index is -0.417. The van der Waals surface area contributed by atoms with Crippen LogP contribution in [0.15, 0.2) is 35.5 Å². The van der Waals surface area contributed by atoms with Crippen molar-refractivity contribution in [2.24, 2.45) is 5.11 Å². The van der Waals surface area contributed by atoms with Crippen LogP contribution in [-0.4, -0.2) is 16.5 Å². The van der Waals surface area contributed by atoms with E-state index in [9.17, 15) is 9.59 Å². The monoisotopic (exact) mass is 215 g/mol. The summed E-state index contributed by atoms with van der Waals surface area (Å²) in [6.45, 7) is 3.85. The molecular formula is C12H11N2O2+. The number of carbonyl (C=O) groups is 2. The second-order valence-electron chi connectivity index (χ2n) is 3.71. The Bertz CT molecular complexity index is 542. The van der Waals surface area contributed by atoms with Gasteiger partial charge in [0.2, 0.25) is 5.69 Å². The number of benzene rings is 1. The molecule has 80 valence electrons. The number of azo groups is 2. The van der Waals surface area contributed by atoms with Gasteiger partial charge >= 0.3 is 11.8 Å². The summed E-state index contributed by atoms with van der Waals surface area (Å²) >= 11 is 0. The van der Waals surface area contributed by atoms with Crippen LogP contribution < -0.4 is 0 Å². The zero-order valence-corrected chi connectivity index (χ0v) is 9.10. The first-order chi connectivity index (χ1) is 7.58. The van der Waals surface area contributed by atoms with E-state index in [1.165, 1.54) is 12.2 Å². The fraction of sp³-hybridized carbons (Fsp3) is 0.167. The quantitative estimate of drug-likeness (QED) is 0.673. The number of nitrogens with zero attached hydrogens (tertiary/aromatic N) is 2. The lowest BCUT2D eigenvalue weighted by Gasteiger charge is -2.01. The molecule has 1 aliphatic rings. The summed E-state index contributed by atoms with van der Waals surface area (Å²) < 4.78 is 1.14. The van der Waals surface area contributed by atoms with Crippen LogP contribution in [0.1, 0.15) is 11.1 Å². The molecule has 0 saturated carbocycles. The SMILES string of the molecule is Cc1ccc([N+]2=NC(=O)C=CC2=O)c(C)c1. The lowest BCUT2D eigenvalue weighted by atomic mass is 10.1. The molecule has 1 aromatic carbocycles. The number of hydrogen-bond acceptors (Lipinski definition) is 2. The van der Waals surface area contributed by atoms with E-state index in [0.29, 0.717) is 5.69 Å². The van der Waals surface area contributed by atoms with Crippen molar-refractivity contribution < 1.29 is 14.3 Å². The second-order valence-corrected chi connectivity index (χ2v) is 3.71. The molecule has 4 nitrogen and oxygen atoms in total. The Morgan fingerprint density at radius 3 is 2.56 bits per heavy atom. The molecule has 0 saturated heterocycles. The molecule has 1 aliphatic heterocycles. The van der Waals surface area contributed by atoms with Gasteiger partial charge in [0.15, 0.2) is 0 Å². The van der Waals surface area contributed by atoms with Gasteiger partial charge in [-0.2, -0.15) is 0 Å². The highest BCUT2D eigenvalue weighted by Crippen LogP contribution is 2.21. The maximum atomic E-state index is 11.6. The largest absolute Gasteiger partial charge is 0.443 e. The molecule has 0 spiro atoms. The van der Waals surface area contributed by atoms with Gasteiger partial charge in [-0.1, -0.05) is 11.6 Å². The molecule has 0 radical (unpaired) electrons. The highest BCUT2D eigenvalue weighted by atomic mass is 16.2. The molecule has 0 fully saturated rings. The number of hydrogen-bond donors (Lipinski definition) is 0. The lowest BCUT2D eigenvalue weighted by Crippen LogP contribution is -2.18. The molecule has 2 rings (SSSR count). The van der Waals surface area contributed by atoms with E-state index in [-0.39, 0.29) is 5.91 Å². The maximum Gasteiger partial charge on any atom is 0.443 e. The summed E-state index contributed by atoms with van der Waals surface area (Å²) in [4.78, 5) is 22.7. The molecule has 0 aliphatic carbocycles.